The van der Waals surface area contributed by atoms with Gasteiger partial charge in [-0.3, -0.25) is 0 Å². The van der Waals surface area contributed by atoms with Gasteiger partial charge in [0.25, 0.3) is 0 Å². The van der Waals surface area contributed by atoms with Crippen molar-refractivity contribution in [1.82, 2.24) is 0 Å². The molecule has 0 amide bonds. The molecule has 0 unspecified atom stereocenters. The molecule has 0 spiro atoms. The Balaban J connectivity index is 2.89. The summed E-state index contributed by atoms with van der Waals surface area (Å²) in [4.78, 5) is 0. The van der Waals surface area contributed by atoms with Crippen LogP contribution in [0.2, 0.25) is 5.02 Å². The van der Waals surface area contributed by atoms with Gasteiger partial charge in [0, 0.05) is 11.6 Å². The molecule has 0 aliphatic carbocycles. The number of aliphatic hydroxyl groups is 1. The van der Waals surface area contributed by atoms with E-state index >= 15 is 0 Å². The minimum atomic E-state index is -0.226. The van der Waals surface area contributed by atoms with Gasteiger partial charge in [0.2, 0.25) is 0 Å². The lowest BCUT2D eigenvalue weighted by molar-refractivity contribution is -0.736. The highest BCUT2D eigenvalue weighted by molar-refractivity contribution is 6.31. The van der Waals surface area contributed by atoms with E-state index in [9.17, 15) is 5.11 Å². The minimum absolute atomic E-state index is 0.109. The molecule has 0 aromatic heterocycles. The molecule has 1 rings (SSSR count). The van der Waals surface area contributed by atoms with Crippen molar-refractivity contribution < 1.29 is 19.9 Å². The van der Waals surface area contributed by atoms with E-state index in [4.69, 9.17) is 21.1 Å². The lowest BCUT2D eigenvalue weighted by Crippen LogP contribution is -2.95. The molecule has 0 atom stereocenters. The fourth-order valence-corrected chi connectivity index (χ4v) is 1.73. The van der Waals surface area contributed by atoms with E-state index in [1.807, 2.05) is 25.2 Å². The molecule has 1 aromatic carbocycles. The molecule has 0 radical (unpaired) electrons. The molecule has 0 fully saturated rings. The third kappa shape index (κ3) is 3.77. The monoisotopic (exact) mass is 274 g/mol. The van der Waals surface area contributed by atoms with Crippen LogP contribution < -0.4 is 14.8 Å². The van der Waals surface area contributed by atoms with Crippen LogP contribution in [0, 0.1) is 0 Å². The van der Waals surface area contributed by atoms with Crippen molar-refractivity contribution in [2.45, 2.75) is 25.9 Å². The number of aliphatic hydroxyl groups excluding tert-OH is 1. The fraction of sp³-hybridized carbons (Fsp3) is 0.538. The van der Waals surface area contributed by atoms with Crippen LogP contribution in [0.1, 0.15) is 19.4 Å². The van der Waals surface area contributed by atoms with Crippen LogP contribution in [0.15, 0.2) is 12.1 Å². The van der Waals surface area contributed by atoms with Gasteiger partial charge in [-0.1, -0.05) is 11.6 Å². The zero-order chi connectivity index (χ0) is 13.8. The Morgan fingerprint density at radius 2 is 1.78 bits per heavy atom. The van der Waals surface area contributed by atoms with E-state index in [1.54, 1.807) is 20.3 Å². The Kier molecular flexibility index (Phi) is 5.26. The van der Waals surface area contributed by atoms with Gasteiger partial charge in [-0.25, -0.2) is 0 Å². The first kappa shape index (κ1) is 15.1. The summed E-state index contributed by atoms with van der Waals surface area (Å²) >= 11 is 6.19. The number of rotatable bonds is 6. The standard InChI is InChI=1S/C13H20ClNO3/c1-13(2,8-16)15-7-9-5-11(17-3)12(18-4)6-10(9)14/h5-6,15-16H,7-8H2,1-4H3/p+1. The van der Waals surface area contributed by atoms with Crippen LogP contribution in [0.5, 0.6) is 11.5 Å². The van der Waals surface area contributed by atoms with Crippen LogP contribution in [0.4, 0.5) is 0 Å². The van der Waals surface area contributed by atoms with Crippen molar-refractivity contribution in [3.05, 3.63) is 22.7 Å². The first-order valence-electron chi connectivity index (χ1n) is 5.79. The summed E-state index contributed by atoms with van der Waals surface area (Å²) in [5.41, 5.74) is 0.729. The van der Waals surface area contributed by atoms with Gasteiger partial charge in [-0.05, 0) is 19.9 Å². The number of quaternary nitrogens is 1. The van der Waals surface area contributed by atoms with Gasteiger partial charge in [0.1, 0.15) is 12.1 Å². The number of halogens is 1. The number of nitrogens with two attached hydrogens (primary N) is 1. The average Bonchev–Trinajstić information content (AvgIpc) is 2.36. The molecular weight excluding hydrogens is 254 g/mol. The van der Waals surface area contributed by atoms with Crippen molar-refractivity contribution in [3.63, 3.8) is 0 Å². The molecule has 0 aliphatic rings. The number of hydrogen-bond acceptors (Lipinski definition) is 3. The van der Waals surface area contributed by atoms with Crippen LogP contribution in [0.25, 0.3) is 0 Å². The van der Waals surface area contributed by atoms with E-state index in [-0.39, 0.29) is 12.1 Å². The highest BCUT2D eigenvalue weighted by atomic mass is 35.5. The van der Waals surface area contributed by atoms with Crippen molar-refractivity contribution in [1.29, 1.82) is 0 Å². The molecule has 0 aliphatic heterocycles. The second-order valence-electron chi connectivity index (χ2n) is 4.85. The van der Waals surface area contributed by atoms with Crippen molar-refractivity contribution in [2.75, 3.05) is 20.8 Å². The predicted molar refractivity (Wildman–Crippen MR) is 71.4 cm³/mol. The van der Waals surface area contributed by atoms with Gasteiger partial charge in [0.15, 0.2) is 11.5 Å². The number of methoxy groups -OCH3 is 2. The average molecular weight is 275 g/mol. The van der Waals surface area contributed by atoms with Gasteiger partial charge in [-0.2, -0.15) is 0 Å². The summed E-state index contributed by atoms with van der Waals surface area (Å²) in [5.74, 6) is 1.28. The smallest absolute Gasteiger partial charge is 0.162 e. The highest BCUT2D eigenvalue weighted by Gasteiger charge is 2.20. The zero-order valence-corrected chi connectivity index (χ0v) is 12.0. The van der Waals surface area contributed by atoms with Crippen molar-refractivity contribution >= 4 is 11.6 Å². The Hall–Kier alpha value is -0.970. The summed E-state index contributed by atoms with van der Waals surface area (Å²) in [6.07, 6.45) is 0. The number of ether oxygens (including phenoxy) is 2. The first-order chi connectivity index (χ1) is 8.43. The van der Waals surface area contributed by atoms with E-state index in [2.05, 4.69) is 0 Å². The van der Waals surface area contributed by atoms with Crippen LogP contribution in [-0.4, -0.2) is 31.5 Å². The maximum atomic E-state index is 9.22. The summed E-state index contributed by atoms with van der Waals surface area (Å²) in [6, 6.07) is 3.61. The third-order valence-corrected chi connectivity index (χ3v) is 3.19. The molecule has 3 N–H and O–H groups in total. The maximum absolute atomic E-state index is 9.22. The minimum Gasteiger partial charge on any atom is -0.493 e. The molecule has 0 saturated carbocycles. The molecule has 4 nitrogen and oxygen atoms in total. The van der Waals surface area contributed by atoms with Gasteiger partial charge < -0.3 is 19.9 Å². The quantitative estimate of drug-likeness (QED) is 0.819. The molecular formula is C13H21ClNO3+. The lowest BCUT2D eigenvalue weighted by atomic mass is 10.1. The van der Waals surface area contributed by atoms with E-state index < -0.39 is 0 Å². The van der Waals surface area contributed by atoms with E-state index in [1.165, 1.54) is 0 Å². The van der Waals surface area contributed by atoms with Crippen molar-refractivity contribution in [2.24, 2.45) is 0 Å². The van der Waals surface area contributed by atoms with Crippen LogP contribution in [-0.2, 0) is 6.54 Å². The maximum Gasteiger partial charge on any atom is 0.162 e. The summed E-state index contributed by atoms with van der Waals surface area (Å²) in [6.45, 7) is 4.73. The summed E-state index contributed by atoms with van der Waals surface area (Å²) in [5, 5.41) is 11.9. The van der Waals surface area contributed by atoms with Crippen molar-refractivity contribution in [3.8, 4) is 11.5 Å². The number of hydrogen-bond donors (Lipinski definition) is 2. The SMILES string of the molecule is COc1cc(Cl)c(C[NH2+]C(C)(C)CO)cc1OC. The molecule has 5 heteroatoms. The third-order valence-electron chi connectivity index (χ3n) is 2.83. The Labute approximate surface area is 113 Å². The molecule has 102 valence electrons. The largest absolute Gasteiger partial charge is 0.493 e. The number of benzene rings is 1. The van der Waals surface area contributed by atoms with Gasteiger partial charge in [-0.15, -0.1) is 0 Å². The second kappa shape index (κ2) is 6.27. The molecule has 18 heavy (non-hydrogen) atoms. The second-order valence-corrected chi connectivity index (χ2v) is 5.26. The molecule has 0 heterocycles. The fourth-order valence-electron chi connectivity index (χ4n) is 1.50. The molecule has 1 aromatic rings. The Morgan fingerprint density at radius 3 is 2.28 bits per heavy atom. The van der Waals surface area contributed by atoms with Gasteiger partial charge in [0.05, 0.1) is 25.8 Å². The molecule has 0 bridgehead atoms. The topological polar surface area (TPSA) is 55.3 Å². The first-order valence-corrected chi connectivity index (χ1v) is 6.17. The zero-order valence-electron chi connectivity index (χ0n) is 11.3. The van der Waals surface area contributed by atoms with Gasteiger partial charge >= 0.3 is 0 Å². The Morgan fingerprint density at radius 1 is 1.22 bits per heavy atom. The van der Waals surface area contributed by atoms with E-state index in [0.29, 0.717) is 23.1 Å². The lowest BCUT2D eigenvalue weighted by Gasteiger charge is -2.20. The normalized spacial score (nSPS) is 11.4. The van der Waals surface area contributed by atoms with Crippen LogP contribution >= 0.6 is 11.6 Å². The highest BCUT2D eigenvalue weighted by Crippen LogP contribution is 2.32. The Bertz CT molecular complexity index is 407. The predicted octanol–water partition coefficient (Wildman–Crippen LogP) is 1.19. The van der Waals surface area contributed by atoms with E-state index in [0.717, 1.165) is 5.56 Å². The summed E-state index contributed by atoms with van der Waals surface area (Å²) in [7, 11) is 3.17. The van der Waals surface area contributed by atoms with Crippen LogP contribution in [0.3, 0.4) is 0 Å². The molecule has 0 saturated heterocycles. The summed E-state index contributed by atoms with van der Waals surface area (Å²) < 4.78 is 10.4.